The van der Waals surface area contributed by atoms with E-state index in [9.17, 15) is 4.79 Å². The van der Waals surface area contributed by atoms with Gasteiger partial charge in [0.25, 0.3) is 0 Å². The molecule has 198 valence electrons. The summed E-state index contributed by atoms with van der Waals surface area (Å²) < 4.78 is 0. The van der Waals surface area contributed by atoms with Crippen LogP contribution in [-0.4, -0.2) is 41.0 Å². The third-order valence-electron chi connectivity index (χ3n) is 7.63. The van der Waals surface area contributed by atoms with Gasteiger partial charge in [-0.15, -0.1) is 0 Å². The number of rotatable bonds is 5. The number of aryl methyl sites for hydroxylation is 1. The number of carbonyl (C=O) groups is 1. The normalized spacial score (nSPS) is 14.1. The van der Waals surface area contributed by atoms with Crippen LogP contribution in [0.3, 0.4) is 0 Å². The first-order valence-corrected chi connectivity index (χ1v) is 13.6. The van der Waals surface area contributed by atoms with Gasteiger partial charge in [0, 0.05) is 29.4 Å². The van der Waals surface area contributed by atoms with Crippen LogP contribution in [-0.2, 0) is 4.79 Å². The highest BCUT2D eigenvalue weighted by Gasteiger charge is 2.22. The van der Waals surface area contributed by atoms with E-state index in [0.29, 0.717) is 22.7 Å². The number of hydrogen-bond donors (Lipinski definition) is 3. The Kier molecular flexibility index (Phi) is 6.03. The quantitative estimate of drug-likeness (QED) is 0.236. The van der Waals surface area contributed by atoms with Crippen LogP contribution in [0.15, 0.2) is 67.3 Å². The molecule has 3 N–H and O–H groups in total. The topological polar surface area (TPSA) is 125 Å². The maximum absolute atomic E-state index is 12.8. The van der Waals surface area contributed by atoms with Crippen LogP contribution in [0.1, 0.15) is 37.7 Å². The molecule has 9 heteroatoms. The van der Waals surface area contributed by atoms with Crippen LogP contribution in [0, 0.1) is 12.8 Å². The summed E-state index contributed by atoms with van der Waals surface area (Å²) in [6, 6.07) is 14.1. The van der Waals surface area contributed by atoms with Gasteiger partial charge in [0.15, 0.2) is 11.5 Å². The standard InChI is InChI=1S/C31H28N8O/c1-18-6-5-9-20(12-18)23-16-33-17-26-27(23)37-30(36-26)29-28-25(38-39-29)11-10-24(35-28)21-13-22(15-32-14-21)34-31(40)19-7-3-2-4-8-19/h5-6,9-17,19H,2-4,7-8H2,1H3,(H,34,40)(H,36,37)(H,38,39). The second-order valence-corrected chi connectivity index (χ2v) is 10.5. The number of hydrogen-bond acceptors (Lipinski definition) is 6. The van der Waals surface area contributed by atoms with E-state index >= 15 is 0 Å². The molecule has 0 spiro atoms. The number of aromatic amines is 2. The number of nitrogens with zero attached hydrogens (tertiary/aromatic N) is 5. The number of carbonyl (C=O) groups excluding carboxylic acids is 1. The van der Waals surface area contributed by atoms with Gasteiger partial charge >= 0.3 is 0 Å². The molecule has 40 heavy (non-hydrogen) atoms. The van der Waals surface area contributed by atoms with E-state index < -0.39 is 0 Å². The number of anilines is 1. The first-order valence-electron chi connectivity index (χ1n) is 13.6. The van der Waals surface area contributed by atoms with Crippen molar-refractivity contribution in [3.05, 3.63) is 72.8 Å². The summed E-state index contributed by atoms with van der Waals surface area (Å²) in [5.74, 6) is 0.758. The molecule has 5 aromatic heterocycles. The summed E-state index contributed by atoms with van der Waals surface area (Å²) in [7, 11) is 0. The number of fused-ring (bicyclic) bond motifs is 2. The summed E-state index contributed by atoms with van der Waals surface area (Å²) >= 11 is 0. The molecule has 1 aromatic carbocycles. The molecule has 0 atom stereocenters. The zero-order valence-corrected chi connectivity index (χ0v) is 22.1. The van der Waals surface area contributed by atoms with Crippen LogP contribution in [0.25, 0.3) is 56.0 Å². The van der Waals surface area contributed by atoms with Crippen molar-refractivity contribution >= 4 is 33.7 Å². The summed E-state index contributed by atoms with van der Waals surface area (Å²) in [5, 5.41) is 10.7. The van der Waals surface area contributed by atoms with Gasteiger partial charge in [0.05, 0.1) is 40.3 Å². The van der Waals surface area contributed by atoms with Gasteiger partial charge in [-0.1, -0.05) is 49.1 Å². The molecular formula is C31H28N8O. The lowest BCUT2D eigenvalue weighted by Gasteiger charge is -2.20. The van der Waals surface area contributed by atoms with E-state index in [1.54, 1.807) is 18.6 Å². The SMILES string of the molecule is Cc1cccc(-c2cncc3[nH]c(-c4n[nH]c5ccc(-c6cncc(NC(=O)C7CCCCC7)c6)nc45)nc23)c1. The zero-order valence-electron chi connectivity index (χ0n) is 22.1. The molecule has 1 amide bonds. The number of benzene rings is 1. The van der Waals surface area contributed by atoms with Crippen molar-refractivity contribution in [2.45, 2.75) is 39.0 Å². The summed E-state index contributed by atoms with van der Waals surface area (Å²) in [5.41, 5.74) is 9.17. The Morgan fingerprint density at radius 1 is 0.875 bits per heavy atom. The zero-order chi connectivity index (χ0) is 27.1. The molecule has 7 rings (SSSR count). The predicted octanol–water partition coefficient (Wildman–Crippen LogP) is 6.45. The molecule has 0 saturated heterocycles. The van der Waals surface area contributed by atoms with Crippen LogP contribution in [0.4, 0.5) is 5.69 Å². The fraction of sp³-hybridized carbons (Fsp3) is 0.226. The Morgan fingerprint density at radius 3 is 2.62 bits per heavy atom. The van der Waals surface area contributed by atoms with Crippen molar-refractivity contribution in [2.24, 2.45) is 5.92 Å². The number of pyridine rings is 3. The monoisotopic (exact) mass is 528 g/mol. The number of H-pyrrole nitrogens is 2. The molecule has 9 nitrogen and oxygen atoms in total. The molecule has 0 unspecified atom stereocenters. The van der Waals surface area contributed by atoms with E-state index in [1.807, 2.05) is 30.5 Å². The molecule has 0 radical (unpaired) electrons. The minimum Gasteiger partial charge on any atom is -0.335 e. The molecule has 5 heterocycles. The smallest absolute Gasteiger partial charge is 0.227 e. The fourth-order valence-corrected chi connectivity index (χ4v) is 5.55. The minimum atomic E-state index is 0.0728. The van der Waals surface area contributed by atoms with Crippen molar-refractivity contribution in [3.8, 4) is 33.9 Å². The lowest BCUT2D eigenvalue weighted by molar-refractivity contribution is -0.120. The van der Waals surface area contributed by atoms with Gasteiger partial charge in [-0.2, -0.15) is 5.10 Å². The average Bonchev–Trinajstić information content (AvgIpc) is 3.61. The largest absolute Gasteiger partial charge is 0.335 e. The fourth-order valence-electron chi connectivity index (χ4n) is 5.55. The van der Waals surface area contributed by atoms with Gasteiger partial charge < -0.3 is 10.3 Å². The second kappa shape index (κ2) is 10.00. The molecule has 6 aromatic rings. The molecule has 0 bridgehead atoms. The highest BCUT2D eigenvalue weighted by atomic mass is 16.1. The third kappa shape index (κ3) is 4.49. The van der Waals surface area contributed by atoms with Crippen molar-refractivity contribution < 1.29 is 4.79 Å². The molecule has 1 aliphatic carbocycles. The van der Waals surface area contributed by atoms with Gasteiger partial charge in [-0.3, -0.25) is 19.9 Å². The molecule has 0 aliphatic heterocycles. The van der Waals surface area contributed by atoms with Crippen LogP contribution >= 0.6 is 0 Å². The van der Waals surface area contributed by atoms with E-state index in [-0.39, 0.29) is 11.8 Å². The van der Waals surface area contributed by atoms with E-state index in [4.69, 9.17) is 9.97 Å². The summed E-state index contributed by atoms with van der Waals surface area (Å²) in [6.07, 6.45) is 12.4. The highest BCUT2D eigenvalue weighted by Crippen LogP contribution is 2.32. The molecule has 1 aliphatic rings. The Morgan fingerprint density at radius 2 is 1.75 bits per heavy atom. The first kappa shape index (κ1) is 24.1. The van der Waals surface area contributed by atoms with Crippen LogP contribution in [0.5, 0.6) is 0 Å². The summed E-state index contributed by atoms with van der Waals surface area (Å²) in [6.45, 7) is 2.07. The maximum atomic E-state index is 12.8. The van der Waals surface area contributed by atoms with Gasteiger partial charge in [0.1, 0.15) is 5.52 Å². The van der Waals surface area contributed by atoms with E-state index in [2.05, 4.69) is 55.6 Å². The van der Waals surface area contributed by atoms with Crippen LogP contribution in [0.2, 0.25) is 0 Å². The number of imidazole rings is 1. The average molecular weight is 529 g/mol. The van der Waals surface area contributed by atoms with Gasteiger partial charge in [-0.25, -0.2) is 9.97 Å². The Bertz CT molecular complexity index is 1860. The third-order valence-corrected chi connectivity index (χ3v) is 7.63. The van der Waals surface area contributed by atoms with E-state index in [1.165, 1.54) is 12.0 Å². The Labute approximate surface area is 230 Å². The van der Waals surface area contributed by atoms with Crippen LogP contribution < -0.4 is 5.32 Å². The summed E-state index contributed by atoms with van der Waals surface area (Å²) in [4.78, 5) is 34.8. The van der Waals surface area contributed by atoms with Crippen molar-refractivity contribution in [1.29, 1.82) is 0 Å². The lowest BCUT2D eigenvalue weighted by atomic mass is 9.88. The Balaban J connectivity index is 1.23. The number of nitrogens with one attached hydrogen (secondary N) is 3. The van der Waals surface area contributed by atoms with E-state index in [0.717, 1.165) is 64.6 Å². The minimum absolute atomic E-state index is 0.0728. The molecule has 1 fully saturated rings. The first-order chi connectivity index (χ1) is 19.6. The van der Waals surface area contributed by atoms with Gasteiger partial charge in [-0.05, 0) is 43.5 Å². The number of amides is 1. The number of aromatic nitrogens is 7. The predicted molar refractivity (Wildman–Crippen MR) is 155 cm³/mol. The molecule has 1 saturated carbocycles. The Hall–Kier alpha value is -4.92. The van der Waals surface area contributed by atoms with Crippen molar-refractivity contribution in [2.75, 3.05) is 5.32 Å². The highest BCUT2D eigenvalue weighted by molar-refractivity contribution is 5.96. The van der Waals surface area contributed by atoms with Crippen molar-refractivity contribution in [3.63, 3.8) is 0 Å². The molecular weight excluding hydrogens is 500 g/mol. The van der Waals surface area contributed by atoms with Gasteiger partial charge in [0.2, 0.25) is 5.91 Å². The van der Waals surface area contributed by atoms with Crippen molar-refractivity contribution in [1.82, 2.24) is 35.1 Å². The second-order valence-electron chi connectivity index (χ2n) is 10.5. The maximum Gasteiger partial charge on any atom is 0.227 e. The lowest BCUT2D eigenvalue weighted by Crippen LogP contribution is -2.24.